The first-order valence-electron chi connectivity index (χ1n) is 4.34. The third kappa shape index (κ3) is 1.33. The summed E-state index contributed by atoms with van der Waals surface area (Å²) in [4.78, 5) is 8.23. The van der Waals surface area contributed by atoms with Crippen LogP contribution in [0.3, 0.4) is 0 Å². The summed E-state index contributed by atoms with van der Waals surface area (Å²) < 4.78 is 0. The van der Waals surface area contributed by atoms with Gasteiger partial charge in [0.2, 0.25) is 0 Å². The van der Waals surface area contributed by atoms with Crippen LogP contribution in [0.2, 0.25) is 0 Å². The number of rotatable bonds is 1. The normalized spacial score (nSPS) is 16.2. The summed E-state index contributed by atoms with van der Waals surface area (Å²) >= 11 is 0. The maximum absolute atomic E-state index is 8.61. The fourth-order valence-electron chi connectivity index (χ4n) is 1.36. The molecular formula is C9H10N4. The average Bonchev–Trinajstić information content (AvgIpc) is 2.01. The highest BCUT2D eigenvalue weighted by molar-refractivity contribution is 5.46. The molecule has 0 aliphatic heterocycles. The summed E-state index contributed by atoms with van der Waals surface area (Å²) in [5, 5.41) is 8.61. The second kappa shape index (κ2) is 3.02. The molecule has 4 heteroatoms. The molecule has 2 rings (SSSR count). The topological polar surface area (TPSA) is 75.6 Å². The molecule has 0 radical (unpaired) electrons. The van der Waals surface area contributed by atoms with E-state index in [2.05, 4.69) is 9.97 Å². The summed E-state index contributed by atoms with van der Waals surface area (Å²) in [7, 11) is 0. The lowest BCUT2D eigenvalue weighted by molar-refractivity contribution is 0.401. The van der Waals surface area contributed by atoms with Crippen LogP contribution >= 0.6 is 0 Å². The van der Waals surface area contributed by atoms with Crippen molar-refractivity contribution in [3.8, 4) is 6.07 Å². The predicted molar refractivity (Wildman–Crippen MR) is 47.8 cm³/mol. The maximum atomic E-state index is 8.61. The van der Waals surface area contributed by atoms with Gasteiger partial charge in [0, 0.05) is 5.92 Å². The zero-order valence-electron chi connectivity index (χ0n) is 7.20. The van der Waals surface area contributed by atoms with Crippen LogP contribution in [-0.2, 0) is 0 Å². The van der Waals surface area contributed by atoms with Crippen LogP contribution in [0, 0.1) is 11.3 Å². The molecule has 0 saturated heterocycles. The van der Waals surface area contributed by atoms with Gasteiger partial charge in [0.05, 0.1) is 6.20 Å². The Labute approximate surface area is 76.4 Å². The second-order valence-electron chi connectivity index (χ2n) is 3.27. The Morgan fingerprint density at radius 2 is 2.31 bits per heavy atom. The molecule has 0 unspecified atom stereocenters. The van der Waals surface area contributed by atoms with Crippen LogP contribution in [0.4, 0.5) is 5.82 Å². The fourth-order valence-corrected chi connectivity index (χ4v) is 1.36. The number of nitrogen functional groups attached to an aromatic ring is 1. The first-order valence-corrected chi connectivity index (χ1v) is 4.34. The SMILES string of the molecule is N#Cc1cnc(C2CCC2)nc1N. The molecule has 13 heavy (non-hydrogen) atoms. The Kier molecular flexibility index (Phi) is 1.85. The summed E-state index contributed by atoms with van der Waals surface area (Å²) in [5.74, 6) is 1.57. The third-order valence-corrected chi connectivity index (χ3v) is 2.43. The molecule has 0 atom stereocenters. The standard InChI is InChI=1S/C9H10N4/c10-4-7-5-12-9(13-8(7)11)6-2-1-3-6/h5-6H,1-3H2,(H2,11,12,13). The van der Waals surface area contributed by atoms with Gasteiger partial charge in [-0.3, -0.25) is 0 Å². The van der Waals surface area contributed by atoms with Gasteiger partial charge >= 0.3 is 0 Å². The molecule has 1 saturated carbocycles. The van der Waals surface area contributed by atoms with E-state index in [9.17, 15) is 0 Å². The van der Waals surface area contributed by atoms with E-state index in [-0.39, 0.29) is 0 Å². The van der Waals surface area contributed by atoms with Gasteiger partial charge in [-0.15, -0.1) is 0 Å². The molecule has 1 fully saturated rings. The van der Waals surface area contributed by atoms with E-state index in [1.165, 1.54) is 12.6 Å². The third-order valence-electron chi connectivity index (χ3n) is 2.43. The Bertz CT molecular complexity index is 362. The van der Waals surface area contributed by atoms with Crippen LogP contribution in [0.25, 0.3) is 0 Å². The molecule has 66 valence electrons. The number of nitriles is 1. The summed E-state index contributed by atoms with van der Waals surface area (Å²) in [6, 6.07) is 1.95. The molecule has 1 heterocycles. The Hall–Kier alpha value is -1.63. The van der Waals surface area contributed by atoms with Crippen molar-refractivity contribution in [1.82, 2.24) is 9.97 Å². The smallest absolute Gasteiger partial charge is 0.145 e. The number of hydrogen-bond acceptors (Lipinski definition) is 4. The molecule has 4 nitrogen and oxygen atoms in total. The Balaban J connectivity index is 2.30. The van der Waals surface area contributed by atoms with Gasteiger partial charge in [-0.2, -0.15) is 5.26 Å². The van der Waals surface area contributed by atoms with Crippen LogP contribution in [0.15, 0.2) is 6.20 Å². The number of aromatic nitrogens is 2. The molecule has 0 aromatic carbocycles. The second-order valence-corrected chi connectivity index (χ2v) is 3.27. The first kappa shape index (κ1) is 7.99. The van der Waals surface area contributed by atoms with Crippen LogP contribution in [-0.4, -0.2) is 9.97 Å². The number of nitrogens with two attached hydrogens (primary N) is 1. The molecule has 1 aromatic heterocycles. The van der Waals surface area contributed by atoms with Gasteiger partial charge in [-0.1, -0.05) is 6.42 Å². The average molecular weight is 174 g/mol. The molecule has 1 aromatic rings. The first-order chi connectivity index (χ1) is 6.31. The lowest BCUT2D eigenvalue weighted by Crippen LogP contribution is -2.13. The van der Waals surface area contributed by atoms with Crippen LogP contribution in [0.5, 0.6) is 0 Å². The van der Waals surface area contributed by atoms with Crippen molar-refractivity contribution >= 4 is 5.82 Å². The summed E-state index contributed by atoms with van der Waals surface area (Å²) in [6.45, 7) is 0. The largest absolute Gasteiger partial charge is 0.382 e. The summed E-state index contributed by atoms with van der Waals surface area (Å²) in [5.41, 5.74) is 5.94. The monoisotopic (exact) mass is 174 g/mol. The zero-order chi connectivity index (χ0) is 9.26. The van der Waals surface area contributed by atoms with E-state index in [1.807, 2.05) is 6.07 Å². The number of nitrogens with zero attached hydrogens (tertiary/aromatic N) is 3. The molecule has 1 aliphatic rings. The number of anilines is 1. The highest BCUT2D eigenvalue weighted by Gasteiger charge is 2.22. The number of hydrogen-bond donors (Lipinski definition) is 1. The maximum Gasteiger partial charge on any atom is 0.145 e. The zero-order valence-corrected chi connectivity index (χ0v) is 7.20. The quantitative estimate of drug-likeness (QED) is 0.694. The van der Waals surface area contributed by atoms with Gasteiger partial charge < -0.3 is 5.73 Å². The van der Waals surface area contributed by atoms with Crippen molar-refractivity contribution in [2.24, 2.45) is 0 Å². The van der Waals surface area contributed by atoms with Crippen molar-refractivity contribution in [3.05, 3.63) is 17.6 Å². The molecule has 1 aliphatic carbocycles. The van der Waals surface area contributed by atoms with Crippen LogP contribution in [0.1, 0.15) is 36.6 Å². The fraction of sp³-hybridized carbons (Fsp3) is 0.444. The van der Waals surface area contributed by atoms with Crippen molar-refractivity contribution < 1.29 is 0 Å². The molecule has 0 bridgehead atoms. The van der Waals surface area contributed by atoms with E-state index in [4.69, 9.17) is 11.0 Å². The van der Waals surface area contributed by atoms with Crippen molar-refractivity contribution in [3.63, 3.8) is 0 Å². The molecule has 0 spiro atoms. The Morgan fingerprint density at radius 3 is 2.77 bits per heavy atom. The van der Waals surface area contributed by atoms with Crippen molar-refractivity contribution in [2.75, 3.05) is 5.73 Å². The molecule has 0 amide bonds. The van der Waals surface area contributed by atoms with Crippen molar-refractivity contribution in [1.29, 1.82) is 5.26 Å². The van der Waals surface area contributed by atoms with E-state index in [0.717, 1.165) is 18.7 Å². The minimum absolute atomic E-state index is 0.305. The lowest BCUT2D eigenvalue weighted by Gasteiger charge is -2.23. The Morgan fingerprint density at radius 1 is 1.54 bits per heavy atom. The van der Waals surface area contributed by atoms with E-state index >= 15 is 0 Å². The predicted octanol–water partition coefficient (Wildman–Crippen LogP) is 1.20. The minimum atomic E-state index is 0.305. The highest BCUT2D eigenvalue weighted by atomic mass is 14.9. The van der Waals surface area contributed by atoms with E-state index < -0.39 is 0 Å². The van der Waals surface area contributed by atoms with Gasteiger partial charge in [-0.05, 0) is 12.8 Å². The van der Waals surface area contributed by atoms with Gasteiger partial charge in [0.25, 0.3) is 0 Å². The summed E-state index contributed by atoms with van der Waals surface area (Å²) in [6.07, 6.45) is 5.04. The minimum Gasteiger partial charge on any atom is -0.382 e. The van der Waals surface area contributed by atoms with Crippen molar-refractivity contribution in [2.45, 2.75) is 25.2 Å². The lowest BCUT2D eigenvalue weighted by atomic mass is 9.85. The molecular weight excluding hydrogens is 164 g/mol. The highest BCUT2D eigenvalue weighted by Crippen LogP contribution is 2.34. The van der Waals surface area contributed by atoms with Gasteiger partial charge in [-0.25, -0.2) is 9.97 Å². The van der Waals surface area contributed by atoms with Gasteiger partial charge in [0.1, 0.15) is 23.3 Å². The molecule has 2 N–H and O–H groups in total. The van der Waals surface area contributed by atoms with Crippen LogP contribution < -0.4 is 5.73 Å². The van der Waals surface area contributed by atoms with E-state index in [0.29, 0.717) is 17.3 Å². The van der Waals surface area contributed by atoms with Gasteiger partial charge in [0.15, 0.2) is 0 Å². The van der Waals surface area contributed by atoms with E-state index in [1.54, 1.807) is 0 Å².